The molecule has 0 unspecified atom stereocenters. The van der Waals surface area contributed by atoms with E-state index in [2.05, 4.69) is 5.32 Å². The number of nitrogens with one attached hydrogen (secondary N) is 1. The van der Waals surface area contributed by atoms with Crippen molar-refractivity contribution in [3.8, 4) is 0 Å². The highest BCUT2D eigenvalue weighted by atomic mass is 16.1. The Morgan fingerprint density at radius 1 is 1.29 bits per heavy atom. The molecule has 3 heteroatoms. The summed E-state index contributed by atoms with van der Waals surface area (Å²) in [5, 5.41) is 2.81. The number of benzene rings is 1. The zero-order valence-electron chi connectivity index (χ0n) is 10.5. The summed E-state index contributed by atoms with van der Waals surface area (Å²) in [5.41, 5.74) is 1.85. The van der Waals surface area contributed by atoms with E-state index in [-0.39, 0.29) is 5.91 Å². The van der Waals surface area contributed by atoms with Crippen LogP contribution in [0.4, 0.5) is 11.4 Å². The molecule has 1 aromatic carbocycles. The highest BCUT2D eigenvalue weighted by Crippen LogP contribution is 2.17. The number of allylic oxidation sites excluding steroid dienone is 3. The molecule has 0 aliphatic rings. The van der Waals surface area contributed by atoms with Crippen LogP contribution in [0.5, 0.6) is 0 Å². The quantitative estimate of drug-likeness (QED) is 0.637. The Morgan fingerprint density at radius 3 is 2.71 bits per heavy atom. The van der Waals surface area contributed by atoms with Gasteiger partial charge in [0.25, 0.3) is 0 Å². The Balaban J connectivity index is 2.68. The van der Waals surface area contributed by atoms with Crippen molar-refractivity contribution in [2.75, 3.05) is 24.3 Å². The highest BCUT2D eigenvalue weighted by Gasteiger charge is 1.99. The van der Waals surface area contributed by atoms with Crippen molar-refractivity contribution in [2.24, 2.45) is 0 Å². The Bertz CT molecular complexity index is 434. The number of hydrogen-bond acceptors (Lipinski definition) is 2. The first-order valence-corrected chi connectivity index (χ1v) is 5.51. The third-order valence-corrected chi connectivity index (χ3v) is 2.18. The second-order valence-electron chi connectivity index (χ2n) is 3.82. The van der Waals surface area contributed by atoms with Crippen molar-refractivity contribution < 1.29 is 4.79 Å². The van der Waals surface area contributed by atoms with Crippen LogP contribution in [0.25, 0.3) is 0 Å². The van der Waals surface area contributed by atoms with Crippen molar-refractivity contribution in [2.45, 2.75) is 6.92 Å². The summed E-state index contributed by atoms with van der Waals surface area (Å²) in [7, 11) is 3.93. The lowest BCUT2D eigenvalue weighted by Gasteiger charge is -2.13. The average Bonchev–Trinajstić information content (AvgIpc) is 2.29. The molecule has 1 N–H and O–H groups in total. The van der Waals surface area contributed by atoms with Gasteiger partial charge in [-0.1, -0.05) is 24.3 Å². The Morgan fingerprint density at radius 2 is 2.06 bits per heavy atom. The maximum absolute atomic E-state index is 11.5. The standard InChI is InChI=1S/C14H18N2O/c1-4-5-6-10-14(17)15-12-8-7-9-13(11-12)16(2)3/h4-11H,1-3H3,(H,15,17)/b5-4+,10-6+. The van der Waals surface area contributed by atoms with Gasteiger partial charge in [0.1, 0.15) is 0 Å². The number of anilines is 2. The largest absolute Gasteiger partial charge is 0.378 e. The van der Waals surface area contributed by atoms with Gasteiger partial charge in [-0.2, -0.15) is 0 Å². The van der Waals surface area contributed by atoms with Crippen molar-refractivity contribution in [3.63, 3.8) is 0 Å². The van der Waals surface area contributed by atoms with Crippen molar-refractivity contribution in [3.05, 3.63) is 48.6 Å². The summed E-state index contributed by atoms with van der Waals surface area (Å²) in [6, 6.07) is 7.71. The first kappa shape index (κ1) is 13.0. The van der Waals surface area contributed by atoms with Crippen LogP contribution in [-0.2, 0) is 4.79 Å². The third kappa shape index (κ3) is 4.55. The van der Waals surface area contributed by atoms with Gasteiger partial charge in [0.05, 0.1) is 0 Å². The topological polar surface area (TPSA) is 32.3 Å². The molecule has 0 aliphatic heterocycles. The minimum atomic E-state index is -0.126. The molecule has 0 aliphatic carbocycles. The zero-order chi connectivity index (χ0) is 12.7. The number of carbonyl (C=O) groups excluding carboxylic acids is 1. The molecule has 90 valence electrons. The second-order valence-corrected chi connectivity index (χ2v) is 3.82. The number of rotatable bonds is 4. The molecule has 0 heterocycles. The molecule has 1 aromatic rings. The molecule has 1 rings (SSSR count). The second kappa shape index (κ2) is 6.53. The van der Waals surface area contributed by atoms with Crippen LogP contribution in [0.15, 0.2) is 48.6 Å². The molecule has 0 bridgehead atoms. The van der Waals surface area contributed by atoms with Gasteiger partial charge >= 0.3 is 0 Å². The van der Waals surface area contributed by atoms with Gasteiger partial charge < -0.3 is 10.2 Å². The molecule has 0 atom stereocenters. The van der Waals surface area contributed by atoms with E-state index >= 15 is 0 Å². The van der Waals surface area contributed by atoms with E-state index in [0.717, 1.165) is 11.4 Å². The van der Waals surface area contributed by atoms with E-state index < -0.39 is 0 Å². The normalized spacial score (nSPS) is 11.0. The summed E-state index contributed by atoms with van der Waals surface area (Å²) in [6.07, 6.45) is 6.90. The molecule has 0 aromatic heterocycles. The minimum Gasteiger partial charge on any atom is -0.378 e. The molecule has 1 amide bonds. The van der Waals surface area contributed by atoms with Crippen molar-refractivity contribution in [1.82, 2.24) is 0 Å². The van der Waals surface area contributed by atoms with Gasteiger partial charge in [-0.25, -0.2) is 0 Å². The molecular formula is C14H18N2O. The van der Waals surface area contributed by atoms with E-state index in [0.29, 0.717) is 0 Å². The monoisotopic (exact) mass is 230 g/mol. The van der Waals surface area contributed by atoms with E-state index in [1.807, 2.05) is 62.3 Å². The Hall–Kier alpha value is -2.03. The van der Waals surface area contributed by atoms with E-state index in [1.165, 1.54) is 6.08 Å². The minimum absolute atomic E-state index is 0.126. The molecule has 0 fully saturated rings. The van der Waals surface area contributed by atoms with Gasteiger partial charge in [-0.3, -0.25) is 4.79 Å². The lowest BCUT2D eigenvalue weighted by molar-refractivity contribution is -0.111. The van der Waals surface area contributed by atoms with E-state index in [1.54, 1.807) is 6.08 Å². The fourth-order valence-corrected chi connectivity index (χ4v) is 1.30. The van der Waals surface area contributed by atoms with Crippen LogP contribution in [-0.4, -0.2) is 20.0 Å². The van der Waals surface area contributed by atoms with Crippen LogP contribution in [0, 0.1) is 0 Å². The fraction of sp³-hybridized carbons (Fsp3) is 0.214. The fourth-order valence-electron chi connectivity index (χ4n) is 1.30. The molecule has 3 nitrogen and oxygen atoms in total. The Labute approximate surface area is 102 Å². The summed E-state index contributed by atoms with van der Waals surface area (Å²) < 4.78 is 0. The lowest BCUT2D eigenvalue weighted by atomic mass is 10.2. The van der Waals surface area contributed by atoms with Crippen molar-refractivity contribution in [1.29, 1.82) is 0 Å². The predicted molar refractivity (Wildman–Crippen MR) is 73.4 cm³/mol. The number of hydrogen-bond donors (Lipinski definition) is 1. The number of amides is 1. The zero-order valence-corrected chi connectivity index (χ0v) is 10.5. The van der Waals surface area contributed by atoms with E-state index in [4.69, 9.17) is 0 Å². The molecular weight excluding hydrogens is 212 g/mol. The maximum Gasteiger partial charge on any atom is 0.248 e. The molecule has 17 heavy (non-hydrogen) atoms. The third-order valence-electron chi connectivity index (χ3n) is 2.18. The van der Waals surface area contributed by atoms with Crippen LogP contribution < -0.4 is 10.2 Å². The highest BCUT2D eigenvalue weighted by molar-refractivity contribution is 5.99. The number of carbonyl (C=O) groups is 1. The summed E-state index contributed by atoms with van der Waals surface area (Å²) in [6.45, 7) is 1.91. The van der Waals surface area contributed by atoms with Gasteiger partial charge in [0, 0.05) is 31.5 Å². The van der Waals surface area contributed by atoms with Gasteiger partial charge in [0.2, 0.25) is 5.91 Å². The Kier molecular flexibility index (Phi) is 5.01. The van der Waals surface area contributed by atoms with Gasteiger partial charge in [-0.15, -0.1) is 0 Å². The smallest absolute Gasteiger partial charge is 0.248 e. The van der Waals surface area contributed by atoms with Crippen LogP contribution in [0.2, 0.25) is 0 Å². The first-order chi connectivity index (χ1) is 8.13. The van der Waals surface area contributed by atoms with E-state index in [9.17, 15) is 4.79 Å². The average molecular weight is 230 g/mol. The van der Waals surface area contributed by atoms with Gasteiger partial charge in [-0.05, 0) is 25.1 Å². The SMILES string of the molecule is C/C=C/C=C/C(=O)Nc1cccc(N(C)C)c1. The van der Waals surface area contributed by atoms with Crippen LogP contribution in [0.3, 0.4) is 0 Å². The molecule has 0 spiro atoms. The van der Waals surface area contributed by atoms with Crippen molar-refractivity contribution >= 4 is 17.3 Å². The van der Waals surface area contributed by atoms with Crippen LogP contribution in [0.1, 0.15) is 6.92 Å². The summed E-state index contributed by atoms with van der Waals surface area (Å²) >= 11 is 0. The molecule has 0 radical (unpaired) electrons. The number of nitrogens with zero attached hydrogens (tertiary/aromatic N) is 1. The molecule has 0 saturated carbocycles. The first-order valence-electron chi connectivity index (χ1n) is 5.51. The van der Waals surface area contributed by atoms with Gasteiger partial charge in [0.15, 0.2) is 0 Å². The molecule has 0 saturated heterocycles. The lowest BCUT2D eigenvalue weighted by Crippen LogP contribution is -2.11. The summed E-state index contributed by atoms with van der Waals surface area (Å²) in [5.74, 6) is -0.126. The maximum atomic E-state index is 11.5. The summed E-state index contributed by atoms with van der Waals surface area (Å²) in [4.78, 5) is 13.5. The van der Waals surface area contributed by atoms with Crippen LogP contribution >= 0.6 is 0 Å². The predicted octanol–water partition coefficient (Wildman–Crippen LogP) is 2.82.